The van der Waals surface area contributed by atoms with Gasteiger partial charge in [-0.25, -0.2) is 23.5 Å². The van der Waals surface area contributed by atoms with Crippen LogP contribution in [0.15, 0.2) is 66.0 Å². The highest BCUT2D eigenvalue weighted by molar-refractivity contribution is 5.45. The van der Waals surface area contributed by atoms with E-state index in [0.717, 1.165) is 23.4 Å². The van der Waals surface area contributed by atoms with Crippen LogP contribution in [0.3, 0.4) is 0 Å². The van der Waals surface area contributed by atoms with E-state index in [9.17, 15) is 13.9 Å². The fourth-order valence-electron chi connectivity index (χ4n) is 3.93. The molecule has 1 aromatic heterocycles. The molecule has 1 unspecified atom stereocenters. The lowest BCUT2D eigenvalue weighted by Crippen LogP contribution is -2.57. The van der Waals surface area contributed by atoms with Crippen LogP contribution in [-0.2, 0) is 12.1 Å². The summed E-state index contributed by atoms with van der Waals surface area (Å²) >= 11 is 0. The van der Waals surface area contributed by atoms with Gasteiger partial charge in [-0.2, -0.15) is 5.10 Å². The van der Waals surface area contributed by atoms with Gasteiger partial charge in [0.1, 0.15) is 29.9 Å². The Morgan fingerprint density at radius 1 is 1.38 bits per heavy atom. The lowest BCUT2D eigenvalue weighted by molar-refractivity contribution is -0.0759. The molecular formula is C20H22F2N6O. The molecule has 1 aliphatic heterocycles. The Balaban J connectivity index is 1.75. The van der Waals surface area contributed by atoms with Crippen molar-refractivity contribution in [2.75, 3.05) is 0 Å². The first kappa shape index (κ1) is 19.3. The zero-order valence-electron chi connectivity index (χ0n) is 16.0. The molecule has 2 aromatic rings. The fourth-order valence-corrected chi connectivity index (χ4v) is 3.93. The molecule has 0 amide bonds. The largest absolute Gasteiger partial charge is 0.399 e. The minimum atomic E-state index is -1.74. The molecule has 0 saturated heterocycles. The maximum atomic E-state index is 14.7. The lowest BCUT2D eigenvalue weighted by Gasteiger charge is -2.42. The molecule has 7 nitrogen and oxygen atoms in total. The Labute approximate surface area is 166 Å². The van der Waals surface area contributed by atoms with Crippen molar-refractivity contribution < 1.29 is 13.9 Å². The van der Waals surface area contributed by atoms with E-state index >= 15 is 0 Å². The van der Waals surface area contributed by atoms with Crippen LogP contribution in [0.1, 0.15) is 19.4 Å². The normalized spacial score (nSPS) is 22.1. The van der Waals surface area contributed by atoms with Crippen molar-refractivity contribution >= 4 is 0 Å². The Morgan fingerprint density at radius 2 is 2.17 bits per heavy atom. The summed E-state index contributed by atoms with van der Waals surface area (Å²) in [7, 11) is 0. The summed E-state index contributed by atoms with van der Waals surface area (Å²) < 4.78 is 29.7. The SMILES string of the molecule is CC1=C2C=C(N)C=CC2N([C@H](C)[C@](O)(Cn2cncn2)c2ccc(F)cc2F)N1. The molecule has 4 rings (SSSR count). The number of aromatic nitrogens is 3. The van der Waals surface area contributed by atoms with Crippen LogP contribution < -0.4 is 11.2 Å². The van der Waals surface area contributed by atoms with Gasteiger partial charge >= 0.3 is 0 Å². The molecule has 3 atom stereocenters. The summed E-state index contributed by atoms with van der Waals surface area (Å²) in [6.07, 6.45) is 8.36. The smallest absolute Gasteiger partial charge is 0.137 e. The second-order valence-electron chi connectivity index (χ2n) is 7.37. The molecule has 2 heterocycles. The molecule has 9 heteroatoms. The Bertz CT molecular complexity index is 1020. The number of nitrogens with zero attached hydrogens (tertiary/aromatic N) is 4. The van der Waals surface area contributed by atoms with Crippen molar-refractivity contribution in [2.24, 2.45) is 5.73 Å². The third-order valence-electron chi connectivity index (χ3n) is 5.52. The van der Waals surface area contributed by atoms with Crippen molar-refractivity contribution in [2.45, 2.75) is 38.1 Å². The van der Waals surface area contributed by atoms with Gasteiger partial charge in [0.05, 0.1) is 18.6 Å². The summed E-state index contributed by atoms with van der Waals surface area (Å²) in [6.45, 7) is 3.61. The molecule has 152 valence electrons. The van der Waals surface area contributed by atoms with E-state index in [4.69, 9.17) is 5.73 Å². The van der Waals surface area contributed by atoms with E-state index in [1.165, 1.54) is 23.4 Å². The summed E-state index contributed by atoms with van der Waals surface area (Å²) in [5.74, 6) is -1.54. The van der Waals surface area contributed by atoms with Crippen LogP contribution in [0.4, 0.5) is 8.78 Å². The number of rotatable bonds is 5. The van der Waals surface area contributed by atoms with Gasteiger partial charge in [-0.1, -0.05) is 12.1 Å². The zero-order valence-corrected chi connectivity index (χ0v) is 16.0. The standard InChI is InChI=1S/C20H22F2N6O/c1-12-16-8-15(23)4-6-19(16)28(26-12)13(2)20(29,9-27-11-24-10-25-27)17-5-3-14(21)7-18(17)22/h3-8,10-11,13,19,26,29H,9,23H2,1-2H3/t13-,19?,20-/m1/s1. The second-order valence-corrected chi connectivity index (χ2v) is 7.37. The van der Waals surface area contributed by atoms with Crippen LogP contribution in [0.25, 0.3) is 0 Å². The topological polar surface area (TPSA) is 92.2 Å². The monoisotopic (exact) mass is 400 g/mol. The first-order valence-electron chi connectivity index (χ1n) is 9.21. The predicted molar refractivity (Wildman–Crippen MR) is 103 cm³/mol. The highest BCUT2D eigenvalue weighted by Crippen LogP contribution is 2.37. The minimum absolute atomic E-state index is 0.0235. The maximum Gasteiger partial charge on any atom is 0.137 e. The Morgan fingerprint density at radius 3 is 2.86 bits per heavy atom. The quantitative estimate of drug-likeness (QED) is 0.708. The van der Waals surface area contributed by atoms with E-state index in [1.807, 2.05) is 24.1 Å². The highest BCUT2D eigenvalue weighted by atomic mass is 19.1. The summed E-state index contributed by atoms with van der Waals surface area (Å²) in [5, 5.41) is 17.7. The van der Waals surface area contributed by atoms with Gasteiger partial charge < -0.3 is 16.3 Å². The van der Waals surface area contributed by atoms with Gasteiger partial charge in [0, 0.05) is 23.0 Å². The number of fused-ring (bicyclic) bond motifs is 1. The van der Waals surface area contributed by atoms with Crippen LogP contribution in [0.2, 0.25) is 0 Å². The number of hydrogen-bond donors (Lipinski definition) is 3. The minimum Gasteiger partial charge on any atom is -0.399 e. The first-order valence-corrected chi connectivity index (χ1v) is 9.21. The van der Waals surface area contributed by atoms with E-state index < -0.39 is 23.3 Å². The number of benzene rings is 1. The molecular weight excluding hydrogens is 378 g/mol. The van der Waals surface area contributed by atoms with Gasteiger partial charge in [-0.3, -0.25) is 0 Å². The number of aliphatic hydroxyl groups is 1. The molecule has 2 aliphatic rings. The molecule has 0 spiro atoms. The van der Waals surface area contributed by atoms with Gasteiger partial charge in [0.25, 0.3) is 0 Å². The molecule has 0 fully saturated rings. The summed E-state index contributed by atoms with van der Waals surface area (Å²) in [6, 6.07) is 2.34. The fraction of sp³-hybridized carbons (Fsp3) is 0.300. The number of allylic oxidation sites excluding steroid dienone is 2. The number of hydrazine groups is 1. The van der Waals surface area contributed by atoms with Crippen molar-refractivity contribution in [1.29, 1.82) is 0 Å². The lowest BCUT2D eigenvalue weighted by atomic mass is 9.85. The Kier molecular flexibility index (Phi) is 4.71. The van der Waals surface area contributed by atoms with Crippen LogP contribution >= 0.6 is 0 Å². The van der Waals surface area contributed by atoms with Crippen LogP contribution in [-0.4, -0.2) is 37.0 Å². The van der Waals surface area contributed by atoms with Crippen molar-refractivity contribution in [1.82, 2.24) is 25.2 Å². The number of nitrogens with one attached hydrogen (secondary N) is 1. The molecule has 1 aromatic carbocycles. The molecule has 4 N–H and O–H groups in total. The highest BCUT2D eigenvalue weighted by Gasteiger charge is 2.46. The van der Waals surface area contributed by atoms with Gasteiger partial charge in [0.15, 0.2) is 0 Å². The zero-order chi connectivity index (χ0) is 20.8. The maximum absolute atomic E-state index is 14.7. The van der Waals surface area contributed by atoms with E-state index in [-0.39, 0.29) is 18.2 Å². The molecule has 0 saturated carbocycles. The van der Waals surface area contributed by atoms with Gasteiger partial charge in [-0.15, -0.1) is 0 Å². The average molecular weight is 400 g/mol. The first-order chi connectivity index (χ1) is 13.8. The second kappa shape index (κ2) is 7.09. The van der Waals surface area contributed by atoms with Gasteiger partial charge in [0.2, 0.25) is 0 Å². The van der Waals surface area contributed by atoms with E-state index in [1.54, 1.807) is 13.0 Å². The number of nitrogens with two attached hydrogens (primary N) is 1. The summed E-state index contributed by atoms with van der Waals surface area (Å²) in [4.78, 5) is 3.90. The van der Waals surface area contributed by atoms with Crippen molar-refractivity contribution in [3.63, 3.8) is 0 Å². The number of hydrogen-bond acceptors (Lipinski definition) is 6. The average Bonchev–Trinajstić information content (AvgIpc) is 3.29. The third-order valence-corrected chi connectivity index (χ3v) is 5.52. The van der Waals surface area contributed by atoms with Crippen LogP contribution in [0.5, 0.6) is 0 Å². The van der Waals surface area contributed by atoms with E-state index in [0.29, 0.717) is 5.70 Å². The van der Waals surface area contributed by atoms with E-state index in [2.05, 4.69) is 15.5 Å². The van der Waals surface area contributed by atoms with Crippen molar-refractivity contribution in [3.05, 3.63) is 83.2 Å². The van der Waals surface area contributed by atoms with Crippen LogP contribution in [0, 0.1) is 11.6 Å². The predicted octanol–water partition coefficient (Wildman–Crippen LogP) is 1.71. The molecule has 1 aliphatic carbocycles. The van der Waals surface area contributed by atoms with Crippen molar-refractivity contribution in [3.8, 4) is 0 Å². The molecule has 29 heavy (non-hydrogen) atoms. The number of halogens is 2. The third kappa shape index (κ3) is 3.32. The summed E-state index contributed by atoms with van der Waals surface area (Å²) in [5.41, 5.74) is 9.90. The molecule has 0 radical (unpaired) electrons. The Hall–Kier alpha value is -3.04. The molecule has 0 bridgehead atoms. The van der Waals surface area contributed by atoms with Gasteiger partial charge in [-0.05, 0) is 37.6 Å².